The van der Waals surface area contributed by atoms with Crippen molar-refractivity contribution in [2.45, 2.75) is 31.7 Å². The van der Waals surface area contributed by atoms with E-state index >= 15 is 0 Å². The Hall–Kier alpha value is -3.15. The van der Waals surface area contributed by atoms with Crippen molar-refractivity contribution in [3.63, 3.8) is 0 Å². The van der Waals surface area contributed by atoms with E-state index in [0.717, 1.165) is 47.7 Å². The molecule has 1 N–H and O–H groups in total. The lowest BCUT2D eigenvalue weighted by atomic mass is 10.00. The Morgan fingerprint density at radius 2 is 2.10 bits per heavy atom. The van der Waals surface area contributed by atoms with Gasteiger partial charge in [-0.15, -0.1) is 0 Å². The molecule has 0 saturated carbocycles. The normalized spacial score (nSPS) is 16.6. The molecule has 2 heterocycles. The van der Waals surface area contributed by atoms with Crippen LogP contribution in [0.4, 0.5) is 4.39 Å². The average molecular weight is 393 g/mol. The Bertz CT molecular complexity index is 1000. The lowest BCUT2D eigenvalue weighted by Crippen LogP contribution is -2.39. The van der Waals surface area contributed by atoms with E-state index in [2.05, 4.69) is 9.97 Å². The average Bonchev–Trinajstić information content (AvgIpc) is 3.24. The molecule has 6 heteroatoms. The minimum absolute atomic E-state index is 0.0756. The number of aromatic nitrogens is 2. The molecule has 1 aromatic heterocycles. The number of rotatable bonds is 5. The third-order valence-corrected chi connectivity index (χ3v) is 5.36. The van der Waals surface area contributed by atoms with E-state index in [4.69, 9.17) is 4.74 Å². The van der Waals surface area contributed by atoms with E-state index in [-0.39, 0.29) is 17.8 Å². The summed E-state index contributed by atoms with van der Waals surface area (Å²) in [4.78, 5) is 22.8. The second kappa shape index (κ2) is 8.47. The van der Waals surface area contributed by atoms with E-state index in [1.807, 2.05) is 35.2 Å². The number of nitrogens with one attached hydrogen (secondary N) is 1. The van der Waals surface area contributed by atoms with Crippen LogP contribution in [0, 0.1) is 5.82 Å². The monoisotopic (exact) mass is 393 g/mol. The number of piperidine rings is 1. The molecule has 2 aromatic carbocycles. The third-order valence-electron chi connectivity index (χ3n) is 5.36. The number of carbonyl (C=O) groups is 1. The van der Waals surface area contributed by atoms with Gasteiger partial charge in [-0.05, 0) is 49.1 Å². The van der Waals surface area contributed by atoms with Crippen LogP contribution in [0.5, 0.6) is 5.75 Å². The van der Waals surface area contributed by atoms with Gasteiger partial charge in [0.15, 0.2) is 0 Å². The summed E-state index contributed by atoms with van der Waals surface area (Å²) in [5, 5.41) is 0. The molecule has 0 aliphatic carbocycles. The van der Waals surface area contributed by atoms with E-state index in [0.29, 0.717) is 13.0 Å². The number of hydrogen-bond donors (Lipinski definition) is 1. The number of aromatic amines is 1. The van der Waals surface area contributed by atoms with Gasteiger partial charge in [0.25, 0.3) is 0 Å². The number of hydrogen-bond acceptors (Lipinski definition) is 3. The quantitative estimate of drug-likeness (QED) is 0.693. The van der Waals surface area contributed by atoms with Gasteiger partial charge in [0, 0.05) is 12.1 Å². The van der Waals surface area contributed by atoms with E-state index in [1.54, 1.807) is 19.4 Å². The van der Waals surface area contributed by atoms with Crippen LogP contribution in [0.1, 0.15) is 36.7 Å². The molecule has 150 valence electrons. The molecule has 1 fully saturated rings. The fraction of sp³-hybridized carbons (Fsp3) is 0.304. The van der Waals surface area contributed by atoms with Gasteiger partial charge in [-0.25, -0.2) is 9.37 Å². The molecule has 1 aliphatic rings. The summed E-state index contributed by atoms with van der Waals surface area (Å²) in [7, 11) is 1.62. The number of methoxy groups -OCH3 is 1. The summed E-state index contributed by atoms with van der Waals surface area (Å²) in [6.45, 7) is 0.712. The second-order valence-corrected chi connectivity index (χ2v) is 7.32. The molecule has 1 amide bonds. The molecule has 4 rings (SSSR count). The number of benzene rings is 2. The number of imidazole rings is 1. The molecule has 0 bridgehead atoms. The first-order valence-corrected chi connectivity index (χ1v) is 9.87. The Balaban J connectivity index is 1.54. The fourth-order valence-corrected chi connectivity index (χ4v) is 3.88. The first-order valence-electron chi connectivity index (χ1n) is 9.87. The van der Waals surface area contributed by atoms with Crippen molar-refractivity contribution < 1.29 is 13.9 Å². The molecule has 1 aliphatic heterocycles. The van der Waals surface area contributed by atoms with E-state index in [9.17, 15) is 9.18 Å². The smallest absolute Gasteiger partial charge is 0.227 e. The molecule has 29 heavy (non-hydrogen) atoms. The maximum Gasteiger partial charge on any atom is 0.227 e. The lowest BCUT2D eigenvalue weighted by molar-refractivity contribution is -0.134. The Labute approximate surface area is 169 Å². The number of halogens is 1. The van der Waals surface area contributed by atoms with Crippen LogP contribution < -0.4 is 4.74 Å². The first kappa shape index (κ1) is 19.2. The van der Waals surface area contributed by atoms with Gasteiger partial charge in [-0.2, -0.15) is 0 Å². The first-order chi connectivity index (χ1) is 14.1. The highest BCUT2D eigenvalue weighted by Crippen LogP contribution is 2.31. The zero-order valence-electron chi connectivity index (χ0n) is 16.4. The van der Waals surface area contributed by atoms with Crippen molar-refractivity contribution >= 4 is 5.91 Å². The van der Waals surface area contributed by atoms with E-state index < -0.39 is 0 Å². The fourth-order valence-electron chi connectivity index (χ4n) is 3.88. The van der Waals surface area contributed by atoms with Gasteiger partial charge in [-0.1, -0.05) is 24.3 Å². The second-order valence-electron chi connectivity index (χ2n) is 7.32. The largest absolute Gasteiger partial charge is 0.497 e. The standard InChI is InChI=1S/C23H24FN3O2/c1-29-19-9-4-6-16(12-19)13-22(28)27-11-3-2-10-21(27)23-25-15-20(26-23)17-7-5-8-18(24)14-17/h4-9,12,14-15,21H,2-3,10-11,13H2,1H3,(H,25,26)/t21-/m1/s1. The summed E-state index contributed by atoms with van der Waals surface area (Å²) in [6.07, 6.45) is 4.93. The summed E-state index contributed by atoms with van der Waals surface area (Å²) in [5.74, 6) is 1.29. The van der Waals surface area contributed by atoms with Gasteiger partial charge < -0.3 is 14.6 Å². The van der Waals surface area contributed by atoms with Crippen molar-refractivity contribution in [3.8, 4) is 17.0 Å². The van der Waals surface area contributed by atoms with Crippen LogP contribution in [0.2, 0.25) is 0 Å². The summed E-state index contributed by atoms with van der Waals surface area (Å²) >= 11 is 0. The highest BCUT2D eigenvalue weighted by Gasteiger charge is 2.30. The number of likely N-dealkylation sites (tertiary alicyclic amines) is 1. The summed E-state index contributed by atoms with van der Waals surface area (Å²) in [5.41, 5.74) is 2.43. The molecule has 1 atom stereocenters. The van der Waals surface area contributed by atoms with Crippen molar-refractivity contribution in [1.82, 2.24) is 14.9 Å². The molecule has 5 nitrogen and oxygen atoms in total. The Morgan fingerprint density at radius 1 is 1.24 bits per heavy atom. The van der Waals surface area contributed by atoms with Gasteiger partial charge in [0.2, 0.25) is 5.91 Å². The lowest BCUT2D eigenvalue weighted by Gasteiger charge is -2.34. The van der Waals surface area contributed by atoms with Gasteiger partial charge in [0.05, 0.1) is 31.5 Å². The topological polar surface area (TPSA) is 58.2 Å². The highest BCUT2D eigenvalue weighted by molar-refractivity contribution is 5.79. The highest BCUT2D eigenvalue weighted by atomic mass is 19.1. The zero-order chi connectivity index (χ0) is 20.2. The van der Waals surface area contributed by atoms with Crippen molar-refractivity contribution in [3.05, 3.63) is 71.9 Å². The van der Waals surface area contributed by atoms with E-state index in [1.165, 1.54) is 12.1 Å². The molecular formula is C23H24FN3O2. The van der Waals surface area contributed by atoms with Gasteiger partial charge in [0.1, 0.15) is 17.4 Å². The van der Waals surface area contributed by atoms with Crippen LogP contribution >= 0.6 is 0 Å². The van der Waals surface area contributed by atoms with Gasteiger partial charge >= 0.3 is 0 Å². The molecule has 0 spiro atoms. The summed E-state index contributed by atoms with van der Waals surface area (Å²) < 4.78 is 18.8. The number of amides is 1. The maximum absolute atomic E-state index is 13.5. The van der Waals surface area contributed by atoms with Crippen LogP contribution in [-0.4, -0.2) is 34.4 Å². The van der Waals surface area contributed by atoms with Crippen LogP contribution in [0.25, 0.3) is 11.3 Å². The molecular weight excluding hydrogens is 369 g/mol. The molecule has 1 saturated heterocycles. The Kier molecular flexibility index (Phi) is 5.60. The SMILES string of the molecule is COc1cccc(CC(=O)N2CCCC[C@@H]2c2ncc(-c3cccc(F)c3)[nH]2)c1. The maximum atomic E-state index is 13.5. The van der Waals surface area contributed by atoms with Gasteiger partial charge in [-0.3, -0.25) is 4.79 Å². The predicted molar refractivity (Wildman–Crippen MR) is 109 cm³/mol. The summed E-state index contributed by atoms with van der Waals surface area (Å²) in [6, 6.07) is 13.9. The van der Waals surface area contributed by atoms with Crippen LogP contribution in [0.15, 0.2) is 54.7 Å². The predicted octanol–water partition coefficient (Wildman–Crippen LogP) is 4.52. The van der Waals surface area contributed by atoms with Crippen LogP contribution in [-0.2, 0) is 11.2 Å². The molecule has 3 aromatic rings. The molecule has 0 unspecified atom stereocenters. The third kappa shape index (κ3) is 4.31. The number of nitrogens with zero attached hydrogens (tertiary/aromatic N) is 2. The van der Waals surface area contributed by atoms with Crippen molar-refractivity contribution in [2.75, 3.05) is 13.7 Å². The van der Waals surface area contributed by atoms with Crippen molar-refractivity contribution in [2.24, 2.45) is 0 Å². The molecule has 0 radical (unpaired) electrons. The van der Waals surface area contributed by atoms with Crippen molar-refractivity contribution in [1.29, 1.82) is 0 Å². The number of carbonyl (C=O) groups excluding carboxylic acids is 1. The van der Waals surface area contributed by atoms with Crippen LogP contribution in [0.3, 0.4) is 0 Å². The zero-order valence-corrected chi connectivity index (χ0v) is 16.4. The minimum atomic E-state index is -0.286. The number of ether oxygens (including phenoxy) is 1. The minimum Gasteiger partial charge on any atom is -0.497 e. The Morgan fingerprint density at radius 3 is 2.93 bits per heavy atom. The number of H-pyrrole nitrogens is 1.